The van der Waals surface area contributed by atoms with Crippen molar-refractivity contribution in [3.05, 3.63) is 0 Å². The summed E-state index contributed by atoms with van der Waals surface area (Å²) >= 11 is 0. The zero-order chi connectivity index (χ0) is 45.9. The quantitative estimate of drug-likeness (QED) is 0.0725. The fourth-order valence-corrected chi connectivity index (χ4v) is 7.83. The highest BCUT2D eigenvalue weighted by molar-refractivity contribution is 5.73. The summed E-state index contributed by atoms with van der Waals surface area (Å²) < 4.78 is 50.7. The maximum absolute atomic E-state index is 12.5. The first-order valence-corrected chi connectivity index (χ1v) is 19.6. The van der Waals surface area contributed by atoms with Crippen LogP contribution in [0.5, 0.6) is 0 Å². The molecule has 5 aliphatic heterocycles. The van der Waals surface area contributed by atoms with E-state index in [9.17, 15) is 86.2 Å². The number of nitrogens with one attached hydrogen (secondary N) is 2. The molecular weight excluding hydrogens is 852 g/mol. The maximum atomic E-state index is 12.5. The Morgan fingerprint density at radius 3 is 1.15 bits per heavy atom. The van der Waals surface area contributed by atoms with Gasteiger partial charge in [0.2, 0.25) is 11.8 Å². The molecule has 5 aliphatic rings. The van der Waals surface area contributed by atoms with Gasteiger partial charge >= 0.3 is 0 Å². The zero-order valence-electron chi connectivity index (χ0n) is 33.2. The van der Waals surface area contributed by atoms with E-state index >= 15 is 0 Å². The van der Waals surface area contributed by atoms with Crippen LogP contribution in [0.15, 0.2) is 0 Å². The van der Waals surface area contributed by atoms with E-state index in [1.165, 1.54) is 0 Å². The summed E-state index contributed by atoms with van der Waals surface area (Å²) in [7, 11) is 0. The molecule has 25 atom stereocenters. The molecule has 2 amide bonds. The first-order chi connectivity index (χ1) is 29.3. The zero-order valence-corrected chi connectivity index (χ0v) is 33.2. The highest BCUT2D eigenvalue weighted by atomic mass is 16.8. The Balaban J connectivity index is 1.37. The SMILES string of the molecule is CC(=O)N[C@H]1[C@H](O[C@H]2[C@@H](O)[C@@H](CO)O[C@@H](O[C@H]3[C@H](O)[C@@H](O)[C@H](O)O[C@@H]3CO)[C@@H]2O)O[C@H](CO)[C@@H](O[C@@H]2O[C@H](CO)[C@H](O)[C@H](O[C@H]3O[C@H](CO)[C@H](O)[C@H](O)[C@H]3NC(C)=O)[C@H]2O)[C@@H]1O. The van der Waals surface area contributed by atoms with Gasteiger partial charge in [0.1, 0.15) is 122 Å². The van der Waals surface area contributed by atoms with E-state index in [2.05, 4.69) is 10.6 Å². The number of aliphatic hydroxyl groups is 15. The molecule has 5 saturated heterocycles. The number of carbonyl (C=O) groups excluding carboxylic acids is 2. The molecule has 5 rings (SSSR count). The van der Waals surface area contributed by atoms with Crippen LogP contribution in [-0.4, -0.2) is 275 Å². The summed E-state index contributed by atoms with van der Waals surface area (Å²) in [4.78, 5) is 24.4. The van der Waals surface area contributed by atoms with Gasteiger partial charge in [0.25, 0.3) is 0 Å². The lowest BCUT2D eigenvalue weighted by molar-refractivity contribution is -0.384. The molecule has 0 unspecified atom stereocenters. The van der Waals surface area contributed by atoms with Crippen LogP contribution < -0.4 is 10.6 Å². The third kappa shape index (κ3) is 10.8. The van der Waals surface area contributed by atoms with E-state index in [0.717, 1.165) is 13.8 Å². The second-order valence-electron chi connectivity index (χ2n) is 15.4. The smallest absolute Gasteiger partial charge is 0.217 e. The van der Waals surface area contributed by atoms with E-state index in [0.29, 0.717) is 0 Å². The van der Waals surface area contributed by atoms with Crippen molar-refractivity contribution in [2.75, 3.05) is 33.0 Å². The Labute approximate surface area is 351 Å². The van der Waals surface area contributed by atoms with E-state index in [-0.39, 0.29) is 0 Å². The van der Waals surface area contributed by atoms with Crippen LogP contribution >= 0.6 is 0 Å². The Hall–Kier alpha value is -2.02. The molecule has 28 nitrogen and oxygen atoms in total. The maximum Gasteiger partial charge on any atom is 0.217 e. The number of hydrogen-bond donors (Lipinski definition) is 17. The molecule has 17 N–H and O–H groups in total. The fourth-order valence-electron chi connectivity index (χ4n) is 7.83. The molecule has 0 saturated carbocycles. The van der Waals surface area contributed by atoms with Crippen molar-refractivity contribution in [1.29, 1.82) is 0 Å². The van der Waals surface area contributed by atoms with Crippen molar-refractivity contribution in [1.82, 2.24) is 10.6 Å². The third-order valence-corrected chi connectivity index (χ3v) is 11.1. The lowest BCUT2D eigenvalue weighted by Crippen LogP contribution is -2.70. The molecule has 360 valence electrons. The second kappa shape index (κ2) is 22.0. The van der Waals surface area contributed by atoms with Gasteiger partial charge in [-0.1, -0.05) is 0 Å². The van der Waals surface area contributed by atoms with E-state index in [1.54, 1.807) is 0 Å². The molecule has 0 bridgehead atoms. The van der Waals surface area contributed by atoms with Gasteiger partial charge in [-0.05, 0) is 0 Å². The van der Waals surface area contributed by atoms with Crippen molar-refractivity contribution in [3.63, 3.8) is 0 Å². The van der Waals surface area contributed by atoms with Gasteiger partial charge in [-0.25, -0.2) is 0 Å². The number of hydrogen-bond acceptors (Lipinski definition) is 26. The lowest BCUT2D eigenvalue weighted by atomic mass is 9.94. The van der Waals surface area contributed by atoms with Crippen LogP contribution in [0.1, 0.15) is 13.8 Å². The normalized spacial score (nSPS) is 49.0. The summed E-state index contributed by atoms with van der Waals surface area (Å²) in [5, 5.41) is 163. The van der Waals surface area contributed by atoms with Gasteiger partial charge in [0.05, 0.1) is 33.0 Å². The molecule has 0 aromatic heterocycles. The largest absolute Gasteiger partial charge is 0.394 e. The minimum Gasteiger partial charge on any atom is -0.394 e. The molecule has 5 heterocycles. The molecule has 5 fully saturated rings. The monoisotopic (exact) mass is 910 g/mol. The first kappa shape index (κ1) is 51.0. The van der Waals surface area contributed by atoms with Crippen LogP contribution in [0.4, 0.5) is 0 Å². The van der Waals surface area contributed by atoms with Gasteiger partial charge in [0, 0.05) is 13.8 Å². The van der Waals surface area contributed by atoms with Gasteiger partial charge in [0.15, 0.2) is 31.5 Å². The molecule has 0 spiro atoms. The standard InChI is InChI=1S/C34H58N2O26/c1-8(42)35-15-20(47)17(44)10(3-37)55-31(15)61-28-18(45)11(4-38)56-33(24(28)51)59-26-14(7-41)58-32(16(21(26)48)36-9(2)43)62-29-19(46)12(5-39)57-34(25(29)52)60-27-13(6-40)54-30(53)23(50)22(27)49/h10-34,37-41,44-53H,3-7H2,1-2H3,(H,35,42)(H,36,43)/t10-,11-,12-,13-,14-,15-,16-,17+,18+,19+,20-,21-,22-,23-,24-,25-,26-,27-,28+,29+,30-,31-,32+,33+,34+/m1/s1. The number of aliphatic hydroxyl groups excluding tert-OH is 15. The number of amides is 2. The average Bonchev–Trinajstić information content (AvgIpc) is 3.23. The van der Waals surface area contributed by atoms with Gasteiger partial charge in [-0.15, -0.1) is 0 Å². The Kier molecular flexibility index (Phi) is 18.1. The minimum absolute atomic E-state index is 0.726. The predicted molar refractivity (Wildman–Crippen MR) is 190 cm³/mol. The van der Waals surface area contributed by atoms with E-state index in [1.807, 2.05) is 0 Å². The summed E-state index contributed by atoms with van der Waals surface area (Å²) in [5.41, 5.74) is 0. The summed E-state index contributed by atoms with van der Waals surface area (Å²) in [6.45, 7) is -2.53. The molecule has 0 aromatic carbocycles. The van der Waals surface area contributed by atoms with Crippen LogP contribution in [-0.2, 0) is 52.2 Å². The highest BCUT2D eigenvalue weighted by Gasteiger charge is 2.57. The molecule has 0 radical (unpaired) electrons. The number of carbonyl (C=O) groups is 2. The Morgan fingerprint density at radius 2 is 0.726 bits per heavy atom. The van der Waals surface area contributed by atoms with Crippen molar-refractivity contribution in [2.45, 2.75) is 167 Å². The highest BCUT2D eigenvalue weighted by Crippen LogP contribution is 2.35. The van der Waals surface area contributed by atoms with Gasteiger partial charge in [-0.2, -0.15) is 0 Å². The fraction of sp³-hybridized carbons (Fsp3) is 0.941. The van der Waals surface area contributed by atoms with E-state index < -0.39 is 198 Å². The Bertz CT molecular complexity index is 1440. The summed E-state index contributed by atoms with van der Waals surface area (Å²) in [6, 6.07) is -3.28. The van der Waals surface area contributed by atoms with Crippen LogP contribution in [0.3, 0.4) is 0 Å². The van der Waals surface area contributed by atoms with Gasteiger partial charge < -0.3 is 130 Å². The van der Waals surface area contributed by atoms with Crippen LogP contribution in [0.25, 0.3) is 0 Å². The molecule has 0 aliphatic carbocycles. The second-order valence-corrected chi connectivity index (χ2v) is 15.4. The molecule has 62 heavy (non-hydrogen) atoms. The molecule has 0 aromatic rings. The first-order valence-electron chi connectivity index (χ1n) is 19.6. The molecular formula is C34H58N2O26. The Morgan fingerprint density at radius 1 is 0.387 bits per heavy atom. The van der Waals surface area contributed by atoms with Crippen molar-refractivity contribution in [3.8, 4) is 0 Å². The summed E-state index contributed by atoms with van der Waals surface area (Å²) in [5.74, 6) is -1.55. The van der Waals surface area contributed by atoms with Gasteiger partial charge in [-0.3, -0.25) is 9.59 Å². The van der Waals surface area contributed by atoms with Crippen LogP contribution in [0.2, 0.25) is 0 Å². The third-order valence-electron chi connectivity index (χ3n) is 11.1. The van der Waals surface area contributed by atoms with E-state index in [4.69, 9.17) is 42.6 Å². The minimum atomic E-state index is -2.10. The average molecular weight is 911 g/mol. The summed E-state index contributed by atoms with van der Waals surface area (Å²) in [6.07, 6.45) is -42.2. The number of rotatable bonds is 15. The molecule has 28 heteroatoms. The van der Waals surface area contributed by atoms with Crippen molar-refractivity contribution >= 4 is 11.8 Å². The van der Waals surface area contributed by atoms with Crippen molar-refractivity contribution in [2.24, 2.45) is 0 Å². The lowest BCUT2D eigenvalue weighted by Gasteiger charge is -2.50. The topological polar surface area (TPSA) is 445 Å². The number of ether oxygens (including phenoxy) is 9. The van der Waals surface area contributed by atoms with Crippen LogP contribution in [0, 0.1) is 0 Å². The van der Waals surface area contributed by atoms with Crippen molar-refractivity contribution < 1.29 is 129 Å². The predicted octanol–water partition coefficient (Wildman–Crippen LogP) is -11.6.